The minimum Gasteiger partial charge on any atom is -0.505 e. The highest BCUT2D eigenvalue weighted by atomic mass is 35.5. The molecule has 146 valence electrons. The Kier molecular flexibility index (Phi) is 5.26. The topological polar surface area (TPSA) is 58.0 Å². The number of phenols is 1. The Morgan fingerprint density at radius 2 is 1.83 bits per heavy atom. The molecule has 4 rings (SSSR count). The number of nitrogens with one attached hydrogen (secondary N) is 1. The molecule has 0 aliphatic heterocycles. The molecule has 0 radical (unpaired) electrons. The lowest BCUT2D eigenvalue weighted by Gasteiger charge is -2.23. The summed E-state index contributed by atoms with van der Waals surface area (Å²) < 4.78 is 14.5. The second kappa shape index (κ2) is 7.85. The zero-order valence-electron chi connectivity index (χ0n) is 15.3. The summed E-state index contributed by atoms with van der Waals surface area (Å²) in [5.74, 6) is -0.468. The molecular formula is C22H16Cl2FN3O. The first-order chi connectivity index (χ1) is 13.9. The van der Waals surface area contributed by atoms with E-state index in [4.69, 9.17) is 23.2 Å². The number of aryl methyl sites for hydroxylation is 1. The maximum Gasteiger partial charge on any atom is 0.165 e. The van der Waals surface area contributed by atoms with Crippen molar-refractivity contribution in [3.63, 3.8) is 0 Å². The van der Waals surface area contributed by atoms with Gasteiger partial charge in [-0.2, -0.15) is 0 Å². The van der Waals surface area contributed by atoms with Crippen LogP contribution in [0.15, 0.2) is 60.9 Å². The number of anilines is 1. The summed E-state index contributed by atoms with van der Waals surface area (Å²) in [5, 5.41) is 15.6. The van der Waals surface area contributed by atoms with Gasteiger partial charge in [-0.05, 0) is 42.3 Å². The van der Waals surface area contributed by atoms with Crippen molar-refractivity contribution in [3.05, 3.63) is 93.5 Å². The van der Waals surface area contributed by atoms with Crippen molar-refractivity contribution in [3.8, 4) is 5.75 Å². The predicted molar refractivity (Wildman–Crippen MR) is 114 cm³/mol. The van der Waals surface area contributed by atoms with Crippen LogP contribution in [0.4, 0.5) is 10.2 Å². The third-order valence-electron chi connectivity index (χ3n) is 4.62. The number of hydrogen-bond acceptors (Lipinski definition) is 4. The van der Waals surface area contributed by atoms with Crippen LogP contribution >= 0.6 is 23.2 Å². The van der Waals surface area contributed by atoms with Gasteiger partial charge >= 0.3 is 0 Å². The number of phenolic OH excluding ortho intramolecular Hbond substituents is 1. The third-order valence-corrected chi connectivity index (χ3v) is 5.18. The van der Waals surface area contributed by atoms with Crippen molar-refractivity contribution in [2.75, 3.05) is 5.32 Å². The van der Waals surface area contributed by atoms with Crippen LogP contribution in [-0.4, -0.2) is 15.1 Å². The molecular weight excluding hydrogens is 412 g/mol. The molecule has 1 unspecified atom stereocenters. The lowest BCUT2D eigenvalue weighted by Crippen LogP contribution is -2.15. The van der Waals surface area contributed by atoms with Crippen molar-refractivity contribution >= 4 is 39.9 Å². The molecule has 0 saturated heterocycles. The Morgan fingerprint density at radius 1 is 1.03 bits per heavy atom. The molecule has 2 heterocycles. The van der Waals surface area contributed by atoms with Gasteiger partial charge in [-0.3, -0.25) is 4.98 Å². The molecule has 0 aliphatic rings. The first-order valence-corrected chi connectivity index (χ1v) is 9.60. The summed E-state index contributed by atoms with van der Waals surface area (Å²) >= 11 is 12.5. The maximum atomic E-state index is 14.5. The number of pyridine rings is 2. The average molecular weight is 428 g/mol. The molecule has 29 heavy (non-hydrogen) atoms. The van der Waals surface area contributed by atoms with Crippen LogP contribution < -0.4 is 5.32 Å². The fraction of sp³-hybridized carbons (Fsp3) is 0.0909. The van der Waals surface area contributed by atoms with Crippen LogP contribution in [0.5, 0.6) is 5.75 Å². The van der Waals surface area contributed by atoms with Crippen LogP contribution in [-0.2, 0) is 0 Å². The van der Waals surface area contributed by atoms with Gasteiger partial charge in [-0.15, -0.1) is 0 Å². The molecule has 2 aromatic carbocycles. The molecule has 2 aromatic heterocycles. The van der Waals surface area contributed by atoms with Gasteiger partial charge in [0.15, 0.2) is 11.6 Å². The van der Waals surface area contributed by atoms with E-state index in [1.54, 1.807) is 49.6 Å². The largest absolute Gasteiger partial charge is 0.505 e. The number of benzene rings is 2. The number of aromatic hydroxyl groups is 1. The molecule has 4 nitrogen and oxygen atoms in total. The average Bonchev–Trinajstić information content (AvgIpc) is 2.69. The van der Waals surface area contributed by atoms with Crippen LogP contribution in [0.25, 0.3) is 10.9 Å². The van der Waals surface area contributed by atoms with Gasteiger partial charge in [-0.1, -0.05) is 47.5 Å². The zero-order chi connectivity index (χ0) is 20.5. The highest BCUT2D eigenvalue weighted by molar-refractivity contribution is 6.35. The number of hydrogen-bond donors (Lipinski definition) is 2. The van der Waals surface area contributed by atoms with E-state index in [9.17, 15) is 9.50 Å². The van der Waals surface area contributed by atoms with E-state index in [0.717, 1.165) is 5.39 Å². The van der Waals surface area contributed by atoms with Crippen LogP contribution in [0, 0.1) is 12.7 Å². The minimum atomic E-state index is -0.684. The molecule has 0 saturated carbocycles. The first-order valence-electron chi connectivity index (χ1n) is 8.84. The monoisotopic (exact) mass is 427 g/mol. The lowest BCUT2D eigenvalue weighted by molar-refractivity contribution is 0.471. The summed E-state index contributed by atoms with van der Waals surface area (Å²) in [6, 6.07) is 13.0. The first kappa shape index (κ1) is 19.4. The summed E-state index contributed by atoms with van der Waals surface area (Å²) in [5.41, 5.74) is 2.25. The molecule has 0 bridgehead atoms. The van der Waals surface area contributed by atoms with Crippen LogP contribution in [0.2, 0.25) is 10.0 Å². The Labute approximate surface area is 177 Å². The van der Waals surface area contributed by atoms with Gasteiger partial charge in [0.2, 0.25) is 0 Å². The summed E-state index contributed by atoms with van der Waals surface area (Å²) in [6.07, 6.45) is 3.17. The normalized spacial score (nSPS) is 12.1. The van der Waals surface area contributed by atoms with E-state index in [0.29, 0.717) is 32.3 Å². The summed E-state index contributed by atoms with van der Waals surface area (Å²) in [7, 11) is 0. The number of rotatable bonds is 4. The van der Waals surface area contributed by atoms with Crippen molar-refractivity contribution in [1.29, 1.82) is 0 Å². The molecule has 0 fully saturated rings. The molecule has 2 N–H and O–H groups in total. The van der Waals surface area contributed by atoms with Gasteiger partial charge in [0, 0.05) is 33.4 Å². The minimum absolute atomic E-state index is 0.0147. The van der Waals surface area contributed by atoms with Crippen molar-refractivity contribution in [2.45, 2.75) is 13.0 Å². The Balaban J connectivity index is 1.89. The van der Waals surface area contributed by atoms with Gasteiger partial charge in [0.05, 0.1) is 6.04 Å². The standard InChI is InChI=1S/C22H16Cl2FN3O/c1-12-9-18(25)22(27-11-12)28-20(15-7-5-14(23)10-17(15)24)16-6-4-13-3-2-8-26-19(13)21(16)29/h2-11,20,29H,1H3,(H,27,28). The van der Waals surface area contributed by atoms with Crippen molar-refractivity contribution < 1.29 is 9.50 Å². The third kappa shape index (κ3) is 3.84. The Bertz CT molecular complexity index is 1220. The fourth-order valence-electron chi connectivity index (χ4n) is 3.21. The molecule has 4 aromatic rings. The molecule has 0 amide bonds. The second-order valence-electron chi connectivity index (χ2n) is 6.66. The van der Waals surface area contributed by atoms with Crippen LogP contribution in [0.1, 0.15) is 22.7 Å². The predicted octanol–water partition coefficient (Wildman–Crippen LogP) is 6.29. The molecule has 0 aliphatic carbocycles. The fourth-order valence-corrected chi connectivity index (χ4v) is 3.73. The smallest absolute Gasteiger partial charge is 0.165 e. The summed E-state index contributed by atoms with van der Waals surface area (Å²) in [4.78, 5) is 8.42. The van der Waals surface area contributed by atoms with Gasteiger partial charge < -0.3 is 10.4 Å². The number of nitrogens with zero attached hydrogens (tertiary/aromatic N) is 2. The number of aromatic nitrogens is 2. The molecule has 1 atom stereocenters. The Hall–Kier alpha value is -2.89. The van der Waals surface area contributed by atoms with Crippen molar-refractivity contribution in [2.24, 2.45) is 0 Å². The number of fused-ring (bicyclic) bond motifs is 1. The van der Waals surface area contributed by atoms with Crippen molar-refractivity contribution in [1.82, 2.24) is 9.97 Å². The lowest BCUT2D eigenvalue weighted by atomic mass is 9.96. The number of halogens is 3. The van der Waals surface area contributed by atoms with Crippen LogP contribution in [0.3, 0.4) is 0 Å². The maximum absolute atomic E-state index is 14.5. The van der Waals surface area contributed by atoms with E-state index in [1.165, 1.54) is 6.07 Å². The van der Waals surface area contributed by atoms with E-state index in [2.05, 4.69) is 15.3 Å². The molecule has 0 spiro atoms. The second-order valence-corrected chi connectivity index (χ2v) is 7.51. The molecule has 7 heteroatoms. The Morgan fingerprint density at radius 3 is 2.59 bits per heavy atom. The van der Waals surface area contributed by atoms with E-state index in [-0.39, 0.29) is 11.6 Å². The zero-order valence-corrected chi connectivity index (χ0v) is 16.8. The highest BCUT2D eigenvalue weighted by Gasteiger charge is 2.23. The van der Waals surface area contributed by atoms with Gasteiger partial charge in [-0.25, -0.2) is 9.37 Å². The van der Waals surface area contributed by atoms with E-state index in [1.807, 2.05) is 12.1 Å². The van der Waals surface area contributed by atoms with Gasteiger partial charge in [0.1, 0.15) is 11.3 Å². The van der Waals surface area contributed by atoms with E-state index >= 15 is 0 Å². The van der Waals surface area contributed by atoms with E-state index < -0.39 is 11.9 Å². The highest BCUT2D eigenvalue weighted by Crippen LogP contribution is 2.39. The SMILES string of the molecule is Cc1cnc(NC(c2ccc(Cl)cc2Cl)c2ccc3cccnc3c2O)c(F)c1. The summed E-state index contributed by atoms with van der Waals surface area (Å²) in [6.45, 7) is 1.76. The quantitative estimate of drug-likeness (QED) is 0.401. The van der Waals surface area contributed by atoms with Gasteiger partial charge in [0.25, 0.3) is 0 Å².